The second-order valence-electron chi connectivity index (χ2n) is 3.08. The van der Waals surface area contributed by atoms with Crippen molar-refractivity contribution in [1.29, 1.82) is 0 Å². The Morgan fingerprint density at radius 3 is 3.27 bits per heavy atom. The first-order valence-corrected chi connectivity index (χ1v) is 5.53. The number of nitrogens with zero attached hydrogens (tertiary/aromatic N) is 4. The number of carbonyl (C=O) groups is 1. The fourth-order valence-corrected chi connectivity index (χ4v) is 1.92. The van der Waals surface area contributed by atoms with Gasteiger partial charge in [-0.2, -0.15) is 9.61 Å². The van der Waals surface area contributed by atoms with Crippen molar-refractivity contribution in [1.82, 2.24) is 25.1 Å². The predicted molar refractivity (Wildman–Crippen MR) is 55.4 cm³/mol. The molecule has 1 N–H and O–H groups in total. The van der Waals surface area contributed by atoms with Crippen LogP contribution < -0.4 is 5.32 Å². The molecule has 0 fully saturated rings. The number of hydrogen-bond acceptors (Lipinski definition) is 5. The Morgan fingerprint density at radius 2 is 2.53 bits per heavy atom. The summed E-state index contributed by atoms with van der Waals surface area (Å²) in [5, 5.41) is 15.4. The van der Waals surface area contributed by atoms with Crippen molar-refractivity contribution in [3.63, 3.8) is 0 Å². The van der Waals surface area contributed by atoms with Crippen LogP contribution in [0.1, 0.15) is 24.8 Å². The number of rotatable bonds is 4. The monoisotopic (exact) mass is 225 g/mol. The van der Waals surface area contributed by atoms with Crippen LogP contribution in [0.3, 0.4) is 0 Å². The third-order valence-electron chi connectivity index (χ3n) is 1.84. The van der Waals surface area contributed by atoms with Gasteiger partial charge in [0.05, 0.1) is 6.54 Å². The maximum atomic E-state index is 11.2. The van der Waals surface area contributed by atoms with Crippen LogP contribution in [0.2, 0.25) is 0 Å². The molecule has 2 heterocycles. The van der Waals surface area contributed by atoms with E-state index in [9.17, 15) is 4.79 Å². The molecule has 2 aromatic heterocycles. The Morgan fingerprint density at radius 1 is 1.67 bits per heavy atom. The van der Waals surface area contributed by atoms with E-state index in [1.54, 1.807) is 10.8 Å². The highest BCUT2D eigenvalue weighted by Crippen LogP contribution is 2.10. The van der Waals surface area contributed by atoms with E-state index in [0.717, 1.165) is 16.4 Å². The van der Waals surface area contributed by atoms with Gasteiger partial charge < -0.3 is 5.32 Å². The molecule has 2 aromatic rings. The van der Waals surface area contributed by atoms with E-state index in [1.165, 1.54) is 11.3 Å². The van der Waals surface area contributed by atoms with Crippen LogP contribution in [0, 0.1) is 0 Å². The van der Waals surface area contributed by atoms with E-state index in [0.29, 0.717) is 13.0 Å². The van der Waals surface area contributed by atoms with E-state index in [1.807, 2.05) is 6.92 Å². The minimum Gasteiger partial charge on any atom is -0.350 e. The Kier molecular flexibility index (Phi) is 2.91. The van der Waals surface area contributed by atoms with Gasteiger partial charge in [0.25, 0.3) is 0 Å². The Bertz CT molecular complexity index is 434. The Labute approximate surface area is 90.3 Å². The molecule has 0 unspecified atom stereocenters. The number of aromatic nitrogens is 4. The van der Waals surface area contributed by atoms with Gasteiger partial charge in [0.2, 0.25) is 10.9 Å². The van der Waals surface area contributed by atoms with Crippen LogP contribution in [-0.2, 0) is 11.3 Å². The number of fused-ring (bicyclic) bond motifs is 1. The SMILES string of the molecule is CCCC(=O)NCc1nn2cnnc2s1. The third-order valence-corrected chi connectivity index (χ3v) is 2.76. The van der Waals surface area contributed by atoms with E-state index < -0.39 is 0 Å². The van der Waals surface area contributed by atoms with E-state index >= 15 is 0 Å². The normalized spacial score (nSPS) is 10.7. The second-order valence-corrected chi connectivity index (χ2v) is 4.12. The predicted octanol–water partition coefficient (Wildman–Crippen LogP) is 0.602. The maximum Gasteiger partial charge on any atom is 0.234 e. The van der Waals surface area contributed by atoms with Crippen molar-refractivity contribution in [3.8, 4) is 0 Å². The number of amides is 1. The minimum atomic E-state index is 0.0588. The summed E-state index contributed by atoms with van der Waals surface area (Å²) in [4.78, 5) is 11.9. The molecule has 7 heteroatoms. The summed E-state index contributed by atoms with van der Waals surface area (Å²) in [6.45, 7) is 2.44. The summed E-state index contributed by atoms with van der Waals surface area (Å²) >= 11 is 1.43. The highest BCUT2D eigenvalue weighted by atomic mass is 32.1. The fourth-order valence-electron chi connectivity index (χ4n) is 1.16. The van der Waals surface area contributed by atoms with Gasteiger partial charge in [-0.3, -0.25) is 4.79 Å². The van der Waals surface area contributed by atoms with Crippen molar-refractivity contribution in [2.24, 2.45) is 0 Å². The minimum absolute atomic E-state index is 0.0588. The van der Waals surface area contributed by atoms with Gasteiger partial charge in [-0.25, -0.2) is 0 Å². The van der Waals surface area contributed by atoms with Crippen molar-refractivity contribution < 1.29 is 4.79 Å². The molecule has 1 amide bonds. The molecule has 0 spiro atoms. The zero-order valence-corrected chi connectivity index (χ0v) is 9.12. The molecule has 0 aliphatic rings. The average molecular weight is 225 g/mol. The topological polar surface area (TPSA) is 72.2 Å². The Hall–Kier alpha value is -1.50. The average Bonchev–Trinajstić information content (AvgIpc) is 2.74. The molecule has 2 rings (SSSR count). The summed E-state index contributed by atoms with van der Waals surface area (Å²) in [6, 6.07) is 0. The standard InChI is InChI=1S/C8H11N5OS/c1-2-3-6(14)9-4-7-12-13-5-10-11-8(13)15-7/h5H,2-4H2,1H3,(H,9,14). The molecule has 0 aliphatic carbocycles. The zero-order valence-electron chi connectivity index (χ0n) is 8.30. The van der Waals surface area contributed by atoms with Gasteiger partial charge in [-0.15, -0.1) is 10.2 Å². The molecule has 15 heavy (non-hydrogen) atoms. The van der Waals surface area contributed by atoms with Crippen LogP contribution in [0.5, 0.6) is 0 Å². The van der Waals surface area contributed by atoms with Crippen molar-refractivity contribution in [3.05, 3.63) is 11.3 Å². The number of hydrogen-bond donors (Lipinski definition) is 1. The summed E-state index contributed by atoms with van der Waals surface area (Å²) in [6.07, 6.45) is 2.96. The molecule has 80 valence electrons. The highest BCUT2D eigenvalue weighted by Gasteiger charge is 2.06. The largest absolute Gasteiger partial charge is 0.350 e. The first kappa shape index (κ1) is 10.0. The van der Waals surface area contributed by atoms with E-state index in [-0.39, 0.29) is 5.91 Å². The van der Waals surface area contributed by atoms with Gasteiger partial charge in [-0.1, -0.05) is 18.3 Å². The van der Waals surface area contributed by atoms with E-state index in [4.69, 9.17) is 0 Å². The van der Waals surface area contributed by atoms with Crippen LogP contribution in [0.25, 0.3) is 4.96 Å². The highest BCUT2D eigenvalue weighted by molar-refractivity contribution is 7.16. The first-order chi connectivity index (χ1) is 7.29. The summed E-state index contributed by atoms with van der Waals surface area (Å²) < 4.78 is 1.60. The number of carbonyl (C=O) groups excluding carboxylic acids is 1. The molecule has 0 atom stereocenters. The summed E-state index contributed by atoms with van der Waals surface area (Å²) in [5.74, 6) is 0.0588. The summed E-state index contributed by atoms with van der Waals surface area (Å²) in [7, 11) is 0. The van der Waals surface area contributed by atoms with Crippen molar-refractivity contribution in [2.45, 2.75) is 26.3 Å². The maximum absolute atomic E-state index is 11.2. The number of nitrogens with one attached hydrogen (secondary N) is 1. The molecule has 0 saturated heterocycles. The lowest BCUT2D eigenvalue weighted by molar-refractivity contribution is -0.121. The van der Waals surface area contributed by atoms with Gasteiger partial charge in [0, 0.05) is 6.42 Å². The van der Waals surface area contributed by atoms with Crippen molar-refractivity contribution in [2.75, 3.05) is 0 Å². The molecule has 0 aliphatic heterocycles. The van der Waals surface area contributed by atoms with Crippen LogP contribution in [0.15, 0.2) is 6.33 Å². The first-order valence-electron chi connectivity index (χ1n) is 4.72. The molecular weight excluding hydrogens is 214 g/mol. The smallest absolute Gasteiger partial charge is 0.234 e. The molecule has 0 bridgehead atoms. The van der Waals surface area contributed by atoms with Crippen LogP contribution in [-0.4, -0.2) is 25.7 Å². The molecule has 0 saturated carbocycles. The van der Waals surface area contributed by atoms with E-state index in [2.05, 4.69) is 20.6 Å². The van der Waals surface area contributed by atoms with Crippen LogP contribution in [0.4, 0.5) is 0 Å². The fraction of sp³-hybridized carbons (Fsp3) is 0.500. The Balaban J connectivity index is 1.95. The zero-order chi connectivity index (χ0) is 10.7. The molecular formula is C8H11N5OS. The second kappa shape index (κ2) is 4.35. The summed E-state index contributed by atoms with van der Waals surface area (Å²) in [5.41, 5.74) is 0. The lowest BCUT2D eigenvalue weighted by Gasteiger charge is -1.99. The van der Waals surface area contributed by atoms with Gasteiger partial charge in [0.15, 0.2) is 0 Å². The molecule has 0 radical (unpaired) electrons. The lowest BCUT2D eigenvalue weighted by Crippen LogP contribution is -2.22. The quantitative estimate of drug-likeness (QED) is 0.827. The third kappa shape index (κ3) is 2.30. The molecule has 6 nitrogen and oxygen atoms in total. The van der Waals surface area contributed by atoms with Gasteiger partial charge in [-0.05, 0) is 6.42 Å². The van der Waals surface area contributed by atoms with Crippen LogP contribution >= 0.6 is 11.3 Å². The lowest BCUT2D eigenvalue weighted by atomic mass is 10.3. The van der Waals surface area contributed by atoms with Gasteiger partial charge in [0.1, 0.15) is 11.3 Å². The van der Waals surface area contributed by atoms with Crippen molar-refractivity contribution >= 4 is 22.2 Å². The van der Waals surface area contributed by atoms with Gasteiger partial charge >= 0.3 is 0 Å². The molecule has 0 aromatic carbocycles.